The topological polar surface area (TPSA) is 33.5 Å². The second kappa shape index (κ2) is 13.0. The summed E-state index contributed by atoms with van der Waals surface area (Å²) in [5, 5.41) is 2.26. The van der Waals surface area contributed by atoms with Crippen LogP contribution in [-0.2, 0) is 26.5 Å². The van der Waals surface area contributed by atoms with E-state index in [2.05, 4.69) is 134 Å². The Morgan fingerprint density at radius 1 is 0.800 bits per heavy atom. The fraction of sp³-hybridized carbons (Fsp3) is 0.158. The van der Waals surface area contributed by atoms with Gasteiger partial charge in [-0.15, -0.1) is 41.4 Å². The van der Waals surface area contributed by atoms with Gasteiger partial charge in [0.05, 0.1) is 0 Å². The molecule has 227 valence electrons. The summed E-state index contributed by atoms with van der Waals surface area (Å²) in [6, 6.07) is 40.4. The normalized spacial score (nSPS) is 13.5. The number of benzene rings is 4. The van der Waals surface area contributed by atoms with Gasteiger partial charge in [-0.2, -0.15) is 18.8 Å². The molecule has 45 heavy (non-hydrogen) atoms. The second-order valence-electron chi connectivity index (χ2n) is 11.9. The van der Waals surface area contributed by atoms with Gasteiger partial charge in [-0.25, -0.2) is 4.98 Å². The van der Waals surface area contributed by atoms with Gasteiger partial charge < -0.3 is 19.1 Å². The number of hydrogen-bond acceptors (Lipinski definition) is 4. The summed E-state index contributed by atoms with van der Waals surface area (Å²) < 4.78 is 8.55. The molecule has 1 atom stereocenters. The summed E-state index contributed by atoms with van der Waals surface area (Å²) in [7, 11) is 0. The maximum Gasteiger partial charge on any atom is 0.135 e. The quantitative estimate of drug-likeness (QED) is 0.125. The van der Waals surface area contributed by atoms with Gasteiger partial charge in [0.25, 0.3) is 0 Å². The molecule has 7 heteroatoms. The molecule has 0 N–H and O–H groups in total. The van der Waals surface area contributed by atoms with Gasteiger partial charge in [-0.05, 0) is 59.5 Å². The van der Waals surface area contributed by atoms with E-state index in [0.29, 0.717) is 11.5 Å². The van der Waals surface area contributed by atoms with Crippen LogP contribution in [0.15, 0.2) is 116 Å². The Hall–Kier alpha value is -4.28. The van der Waals surface area contributed by atoms with Crippen LogP contribution in [0.5, 0.6) is 11.5 Å². The molecule has 0 fully saturated rings. The average molecular weight is 768 g/mol. The van der Waals surface area contributed by atoms with Crippen molar-refractivity contribution < 1.29 is 25.8 Å². The van der Waals surface area contributed by atoms with Crippen LogP contribution in [0.3, 0.4) is 0 Å². The zero-order chi connectivity index (χ0) is 29.6. The Morgan fingerprint density at radius 2 is 1.56 bits per heavy atom. The largest absolute Gasteiger partial charge is 0.509 e. The van der Waals surface area contributed by atoms with E-state index in [9.17, 15) is 0 Å². The number of ether oxygens (including phenoxy) is 1. The van der Waals surface area contributed by atoms with Crippen molar-refractivity contribution in [2.24, 2.45) is 0 Å². The number of rotatable bonds is 6. The molecule has 0 amide bonds. The van der Waals surface area contributed by atoms with Crippen LogP contribution in [0.4, 0.5) is 5.69 Å². The third kappa shape index (κ3) is 6.30. The van der Waals surface area contributed by atoms with Crippen LogP contribution >= 0.6 is 0 Å². The zero-order valence-electron chi connectivity index (χ0n) is 25.7. The number of anilines is 1. The van der Waals surface area contributed by atoms with Gasteiger partial charge in [0, 0.05) is 58.7 Å². The molecule has 7 rings (SSSR count). The molecule has 5 nitrogen and oxygen atoms in total. The van der Waals surface area contributed by atoms with E-state index in [4.69, 9.17) is 9.72 Å². The second-order valence-corrected chi connectivity index (χ2v) is 11.9. The Bertz CT molecular complexity index is 1960. The molecule has 1 aliphatic heterocycles. The predicted octanol–water partition coefficient (Wildman–Crippen LogP) is 8.96. The van der Waals surface area contributed by atoms with Crippen LogP contribution < -0.4 is 9.64 Å². The first-order valence-corrected chi connectivity index (χ1v) is 14.6. The summed E-state index contributed by atoms with van der Waals surface area (Å²) in [5.41, 5.74) is 5.41. The van der Waals surface area contributed by atoms with Gasteiger partial charge in [-0.1, -0.05) is 74.8 Å². The Kier molecular flexibility index (Phi) is 9.27. The first-order valence-electron chi connectivity index (χ1n) is 14.6. The molecule has 1 aliphatic rings. The van der Waals surface area contributed by atoms with E-state index in [1.54, 1.807) is 0 Å². The van der Waals surface area contributed by atoms with Crippen molar-refractivity contribution >= 4 is 35.9 Å². The third-order valence-corrected chi connectivity index (χ3v) is 8.03. The monoisotopic (exact) mass is 767 g/mol. The number of nitrogens with zero attached hydrogens (tertiary/aromatic N) is 4. The minimum atomic E-state index is 0. The first-order chi connectivity index (χ1) is 20.8. The fourth-order valence-electron chi connectivity index (χ4n) is 5.59. The van der Waals surface area contributed by atoms with Crippen molar-refractivity contribution in [2.45, 2.75) is 39.2 Å². The van der Waals surface area contributed by atoms with Crippen LogP contribution in [0.25, 0.3) is 27.6 Å². The van der Waals surface area contributed by atoms with Crippen molar-refractivity contribution in [2.75, 3.05) is 4.90 Å². The summed E-state index contributed by atoms with van der Waals surface area (Å²) in [6.45, 7) is 10.9. The van der Waals surface area contributed by atoms with Gasteiger partial charge in [0.2, 0.25) is 0 Å². The van der Waals surface area contributed by atoms with Crippen LogP contribution in [-0.4, -0.2) is 22.9 Å². The smallest absolute Gasteiger partial charge is 0.135 e. The zero-order valence-corrected chi connectivity index (χ0v) is 28.0. The first kappa shape index (κ1) is 32.1. The van der Waals surface area contributed by atoms with Crippen molar-refractivity contribution in [3.05, 3.63) is 146 Å². The van der Waals surface area contributed by atoms with Crippen LogP contribution in [0.2, 0.25) is 0 Å². The van der Waals surface area contributed by atoms with Gasteiger partial charge in [-0.3, -0.25) is 0 Å². The van der Waals surface area contributed by atoms with E-state index in [1.165, 1.54) is 11.1 Å². The molecule has 3 radical (unpaired) electrons. The molecule has 2 aromatic heterocycles. The SMILES string of the molecule is CC(c1ccccc1)N1C=CN(c2[c-]c(Oc3[c-]c4c(cc3)c3ccccc3n4-c3cc(C(C)(C)C)ccn3)ccc2)[CH-]1.[B].[Pt]. The van der Waals surface area contributed by atoms with Crippen LogP contribution in [0.1, 0.15) is 44.9 Å². The maximum atomic E-state index is 6.37. The van der Waals surface area contributed by atoms with E-state index in [1.807, 2.05) is 42.7 Å². The van der Waals surface area contributed by atoms with Crippen molar-refractivity contribution in [1.29, 1.82) is 0 Å². The molecule has 0 aliphatic carbocycles. The number of aromatic nitrogens is 2. The number of fused-ring (bicyclic) bond motifs is 3. The Balaban J connectivity index is 0.00000200. The number of para-hydroxylation sites is 1. The van der Waals surface area contributed by atoms with Crippen molar-refractivity contribution in [1.82, 2.24) is 14.5 Å². The summed E-state index contributed by atoms with van der Waals surface area (Å²) in [6.07, 6.45) is 6.02. The van der Waals surface area contributed by atoms with E-state index >= 15 is 0 Å². The standard InChI is InChI=1S/C38H33N4O.B.Pt/c1-27(28-11-6-5-7-12-28)40-21-22-41(26-40)30-13-10-14-31(24-30)43-32-17-18-34-33-15-8-9-16-35(33)42(36(34)25-32)37-23-29(19-20-39-37)38(2,3)4;;/h5-23,26-27H,1-4H3;;/q-3;;. The molecule has 0 saturated carbocycles. The minimum Gasteiger partial charge on any atom is -0.509 e. The molecule has 6 aromatic rings. The van der Waals surface area contributed by atoms with Gasteiger partial charge in [0.15, 0.2) is 0 Å². The third-order valence-electron chi connectivity index (χ3n) is 8.03. The summed E-state index contributed by atoms with van der Waals surface area (Å²) in [4.78, 5) is 9.03. The van der Waals surface area contributed by atoms with E-state index < -0.39 is 0 Å². The molecular weight excluding hydrogens is 734 g/mol. The van der Waals surface area contributed by atoms with Gasteiger partial charge in [0.1, 0.15) is 5.82 Å². The molecule has 3 heterocycles. The molecule has 1 unspecified atom stereocenters. The van der Waals surface area contributed by atoms with E-state index in [-0.39, 0.29) is 40.9 Å². The average Bonchev–Trinajstić information content (AvgIpc) is 3.64. The maximum absolute atomic E-state index is 6.37. The summed E-state index contributed by atoms with van der Waals surface area (Å²) in [5.74, 6) is 2.11. The molecule has 0 spiro atoms. The van der Waals surface area contributed by atoms with Crippen LogP contribution in [0, 0.1) is 18.8 Å². The van der Waals surface area contributed by atoms with Crippen molar-refractivity contribution in [3.8, 4) is 17.3 Å². The molecular formula is C38H33BN4OPt-3. The Labute approximate surface area is 282 Å². The number of pyridine rings is 1. The van der Waals surface area contributed by atoms with Crippen molar-refractivity contribution in [3.63, 3.8) is 0 Å². The molecule has 0 saturated heterocycles. The van der Waals surface area contributed by atoms with E-state index in [0.717, 1.165) is 33.3 Å². The molecule has 4 aromatic carbocycles. The van der Waals surface area contributed by atoms with Gasteiger partial charge >= 0.3 is 0 Å². The Morgan fingerprint density at radius 3 is 2.36 bits per heavy atom. The molecule has 0 bridgehead atoms. The number of hydrogen-bond donors (Lipinski definition) is 0. The summed E-state index contributed by atoms with van der Waals surface area (Å²) >= 11 is 0. The minimum absolute atomic E-state index is 0. The fourth-order valence-corrected chi connectivity index (χ4v) is 5.59. The predicted molar refractivity (Wildman–Crippen MR) is 180 cm³/mol.